The Balaban J connectivity index is 2.07. The van der Waals surface area contributed by atoms with Gasteiger partial charge in [0.15, 0.2) is 5.82 Å². The standard InChI is InChI=1S/C14H15N3/c1-10-8-12(15)14(16-9-10)17-7-6-11-4-2-3-5-13(11)17/h2-5,8-9H,6-7,15H2,1H3. The smallest absolute Gasteiger partial charge is 0.156 e. The van der Waals surface area contributed by atoms with Gasteiger partial charge < -0.3 is 10.6 Å². The van der Waals surface area contributed by atoms with Crippen molar-refractivity contribution in [3.05, 3.63) is 47.7 Å². The van der Waals surface area contributed by atoms with Crippen LogP contribution in [0.3, 0.4) is 0 Å². The molecule has 0 radical (unpaired) electrons. The summed E-state index contributed by atoms with van der Waals surface area (Å²) in [5, 5.41) is 0. The van der Waals surface area contributed by atoms with Crippen molar-refractivity contribution in [1.82, 2.24) is 4.98 Å². The summed E-state index contributed by atoms with van der Waals surface area (Å²) >= 11 is 0. The molecule has 0 saturated carbocycles. The number of pyridine rings is 1. The third-order valence-corrected chi connectivity index (χ3v) is 3.17. The Labute approximate surface area is 101 Å². The van der Waals surface area contributed by atoms with Crippen molar-refractivity contribution >= 4 is 17.2 Å². The lowest BCUT2D eigenvalue weighted by Crippen LogP contribution is -2.16. The van der Waals surface area contributed by atoms with Gasteiger partial charge in [0, 0.05) is 18.4 Å². The summed E-state index contributed by atoms with van der Waals surface area (Å²) in [6, 6.07) is 10.4. The van der Waals surface area contributed by atoms with Crippen molar-refractivity contribution in [2.75, 3.05) is 17.2 Å². The van der Waals surface area contributed by atoms with Gasteiger partial charge in [0.25, 0.3) is 0 Å². The lowest BCUT2D eigenvalue weighted by atomic mass is 10.2. The fourth-order valence-electron chi connectivity index (χ4n) is 2.37. The molecule has 0 unspecified atom stereocenters. The lowest BCUT2D eigenvalue weighted by Gasteiger charge is -2.20. The number of nitrogen functional groups attached to an aromatic ring is 1. The summed E-state index contributed by atoms with van der Waals surface area (Å²) in [6.07, 6.45) is 2.93. The first kappa shape index (κ1) is 10.1. The number of nitrogens with zero attached hydrogens (tertiary/aromatic N) is 2. The zero-order valence-electron chi connectivity index (χ0n) is 9.85. The quantitative estimate of drug-likeness (QED) is 0.811. The van der Waals surface area contributed by atoms with Crippen molar-refractivity contribution in [2.24, 2.45) is 0 Å². The first-order valence-corrected chi connectivity index (χ1v) is 5.83. The van der Waals surface area contributed by atoms with Crippen LogP contribution in [0.2, 0.25) is 0 Å². The largest absolute Gasteiger partial charge is 0.396 e. The van der Waals surface area contributed by atoms with Crippen LogP contribution in [0.15, 0.2) is 36.5 Å². The van der Waals surface area contributed by atoms with E-state index in [4.69, 9.17) is 5.73 Å². The Kier molecular flexibility index (Phi) is 2.25. The number of rotatable bonds is 1. The molecule has 1 aromatic carbocycles. The SMILES string of the molecule is Cc1cnc(N2CCc3ccccc32)c(N)c1. The average molecular weight is 225 g/mol. The van der Waals surface area contributed by atoms with Gasteiger partial charge in [-0.25, -0.2) is 4.98 Å². The van der Waals surface area contributed by atoms with E-state index in [1.807, 2.05) is 19.2 Å². The normalized spacial score (nSPS) is 13.8. The summed E-state index contributed by atoms with van der Waals surface area (Å²) in [7, 11) is 0. The highest BCUT2D eigenvalue weighted by atomic mass is 15.2. The minimum absolute atomic E-state index is 0.752. The van der Waals surface area contributed by atoms with Crippen molar-refractivity contribution in [2.45, 2.75) is 13.3 Å². The molecule has 86 valence electrons. The van der Waals surface area contributed by atoms with Crippen LogP contribution >= 0.6 is 0 Å². The number of aryl methyl sites for hydroxylation is 1. The van der Waals surface area contributed by atoms with Crippen molar-refractivity contribution in [3.63, 3.8) is 0 Å². The summed E-state index contributed by atoms with van der Waals surface area (Å²) in [5.74, 6) is 0.876. The Hall–Kier alpha value is -2.03. The van der Waals surface area contributed by atoms with Crippen molar-refractivity contribution in [1.29, 1.82) is 0 Å². The highest BCUT2D eigenvalue weighted by molar-refractivity contribution is 5.75. The minimum Gasteiger partial charge on any atom is -0.396 e. The number of hydrogen-bond donors (Lipinski definition) is 1. The van der Waals surface area contributed by atoms with Gasteiger partial charge in [-0.15, -0.1) is 0 Å². The molecule has 2 N–H and O–H groups in total. The molecule has 1 aliphatic rings. The number of para-hydroxylation sites is 1. The van der Waals surface area contributed by atoms with E-state index >= 15 is 0 Å². The number of benzene rings is 1. The van der Waals surface area contributed by atoms with Crippen molar-refractivity contribution < 1.29 is 0 Å². The zero-order valence-corrected chi connectivity index (χ0v) is 9.85. The Bertz CT molecular complexity index is 563. The minimum atomic E-state index is 0.752. The second kappa shape index (κ2) is 3.77. The molecule has 3 heteroatoms. The van der Waals surface area contributed by atoms with Gasteiger partial charge in [-0.2, -0.15) is 0 Å². The van der Waals surface area contributed by atoms with E-state index in [9.17, 15) is 0 Å². The van der Waals surface area contributed by atoms with Crippen LogP contribution in [0.1, 0.15) is 11.1 Å². The highest BCUT2D eigenvalue weighted by Gasteiger charge is 2.22. The summed E-state index contributed by atoms with van der Waals surface area (Å²) < 4.78 is 0. The van der Waals surface area contributed by atoms with Gasteiger partial charge in [0.1, 0.15) is 0 Å². The van der Waals surface area contributed by atoms with E-state index in [1.54, 1.807) is 0 Å². The predicted octanol–water partition coefficient (Wildman–Crippen LogP) is 2.67. The van der Waals surface area contributed by atoms with Gasteiger partial charge in [0.05, 0.1) is 5.69 Å². The number of fused-ring (bicyclic) bond motifs is 1. The van der Waals surface area contributed by atoms with Crippen LogP contribution in [0, 0.1) is 6.92 Å². The first-order chi connectivity index (χ1) is 8.25. The third-order valence-electron chi connectivity index (χ3n) is 3.17. The molecule has 0 spiro atoms. The fourth-order valence-corrected chi connectivity index (χ4v) is 2.37. The Morgan fingerprint density at radius 2 is 2.12 bits per heavy atom. The van der Waals surface area contributed by atoms with Crippen LogP contribution in [-0.4, -0.2) is 11.5 Å². The number of hydrogen-bond acceptors (Lipinski definition) is 3. The topological polar surface area (TPSA) is 42.2 Å². The molecule has 0 atom stereocenters. The summed E-state index contributed by atoms with van der Waals surface area (Å²) in [6.45, 7) is 2.96. The Morgan fingerprint density at radius 1 is 1.29 bits per heavy atom. The maximum atomic E-state index is 6.05. The van der Waals surface area contributed by atoms with Gasteiger partial charge in [-0.1, -0.05) is 18.2 Å². The molecule has 1 aliphatic heterocycles. The average Bonchev–Trinajstić information content (AvgIpc) is 2.73. The molecular formula is C14H15N3. The molecule has 2 aromatic rings. The van der Waals surface area contributed by atoms with Gasteiger partial charge in [0.2, 0.25) is 0 Å². The van der Waals surface area contributed by atoms with Crippen LogP contribution in [0.5, 0.6) is 0 Å². The van der Waals surface area contributed by atoms with Crippen molar-refractivity contribution in [3.8, 4) is 0 Å². The van der Waals surface area contributed by atoms with E-state index in [0.29, 0.717) is 0 Å². The first-order valence-electron chi connectivity index (χ1n) is 5.83. The van der Waals surface area contributed by atoms with E-state index in [2.05, 4.69) is 34.1 Å². The molecule has 3 nitrogen and oxygen atoms in total. The van der Waals surface area contributed by atoms with E-state index in [1.165, 1.54) is 11.3 Å². The van der Waals surface area contributed by atoms with Crippen LogP contribution in [-0.2, 0) is 6.42 Å². The maximum Gasteiger partial charge on any atom is 0.156 e. The molecule has 17 heavy (non-hydrogen) atoms. The van der Waals surface area contributed by atoms with E-state index in [-0.39, 0.29) is 0 Å². The van der Waals surface area contributed by atoms with Crippen LogP contribution in [0.4, 0.5) is 17.2 Å². The molecule has 3 rings (SSSR count). The molecular weight excluding hydrogens is 210 g/mol. The van der Waals surface area contributed by atoms with E-state index in [0.717, 1.165) is 30.0 Å². The Morgan fingerprint density at radius 3 is 2.94 bits per heavy atom. The highest BCUT2D eigenvalue weighted by Crippen LogP contribution is 2.35. The second-order valence-corrected chi connectivity index (χ2v) is 4.46. The monoisotopic (exact) mass is 225 g/mol. The number of nitrogens with two attached hydrogens (primary N) is 1. The molecule has 1 aromatic heterocycles. The third kappa shape index (κ3) is 1.64. The summed E-state index contributed by atoms with van der Waals surface area (Å²) in [5.41, 5.74) is 10.5. The van der Waals surface area contributed by atoms with Gasteiger partial charge in [-0.05, 0) is 36.6 Å². The molecule has 0 saturated heterocycles. The molecule has 0 amide bonds. The van der Waals surface area contributed by atoms with Crippen LogP contribution in [0.25, 0.3) is 0 Å². The van der Waals surface area contributed by atoms with Gasteiger partial charge >= 0.3 is 0 Å². The predicted molar refractivity (Wildman–Crippen MR) is 70.5 cm³/mol. The van der Waals surface area contributed by atoms with Gasteiger partial charge in [-0.3, -0.25) is 0 Å². The lowest BCUT2D eigenvalue weighted by molar-refractivity contribution is 0.974. The van der Waals surface area contributed by atoms with Crippen LogP contribution < -0.4 is 10.6 Å². The maximum absolute atomic E-state index is 6.05. The molecule has 2 heterocycles. The number of aromatic nitrogens is 1. The zero-order chi connectivity index (χ0) is 11.8. The second-order valence-electron chi connectivity index (χ2n) is 4.46. The molecule has 0 aliphatic carbocycles. The summed E-state index contributed by atoms with van der Waals surface area (Å²) in [4.78, 5) is 6.66. The number of anilines is 3. The molecule has 0 bridgehead atoms. The molecule has 0 fully saturated rings. The van der Waals surface area contributed by atoms with E-state index < -0.39 is 0 Å². The fraction of sp³-hybridized carbons (Fsp3) is 0.214.